The maximum absolute atomic E-state index is 12.5. The number of benzene rings is 2. The molecule has 26 heavy (non-hydrogen) atoms. The van der Waals surface area contributed by atoms with Crippen LogP contribution in [0.15, 0.2) is 53.4 Å². The van der Waals surface area contributed by atoms with Gasteiger partial charge in [-0.05, 0) is 35.4 Å². The summed E-state index contributed by atoms with van der Waals surface area (Å²) in [5.74, 6) is -0.530. The first-order valence-electron chi connectivity index (χ1n) is 7.41. The fraction of sp³-hybridized carbons (Fsp3) is 0.235. The summed E-state index contributed by atoms with van der Waals surface area (Å²) in [6, 6.07) is 10.9. The van der Waals surface area contributed by atoms with Gasteiger partial charge < -0.3 is 10.1 Å². The van der Waals surface area contributed by atoms with E-state index in [1.165, 1.54) is 0 Å². The van der Waals surface area contributed by atoms with Gasteiger partial charge in [-0.15, -0.1) is 0 Å². The standard InChI is InChI=1S/C17H16F3NO4S/c1-25-11-13-4-2-3-12(9-13)10-21-16(22)14-5-7-15(8-6-14)26(23,24)17(18,19)20/h2-9H,10-11H2,1H3,(H,21,22). The predicted octanol–water partition coefficient (Wildman–Crippen LogP) is 3.06. The van der Waals surface area contributed by atoms with Crippen LogP contribution in [0.25, 0.3) is 0 Å². The topological polar surface area (TPSA) is 72.5 Å². The molecule has 0 atom stereocenters. The molecule has 2 rings (SSSR count). The number of rotatable bonds is 6. The van der Waals surface area contributed by atoms with Gasteiger partial charge in [0.05, 0.1) is 11.5 Å². The molecule has 0 radical (unpaired) electrons. The van der Waals surface area contributed by atoms with Gasteiger partial charge in [0.1, 0.15) is 0 Å². The summed E-state index contributed by atoms with van der Waals surface area (Å²) in [6.07, 6.45) is 0. The fourth-order valence-electron chi connectivity index (χ4n) is 2.20. The normalized spacial score (nSPS) is 12.0. The second kappa shape index (κ2) is 7.88. The second-order valence-corrected chi connectivity index (χ2v) is 7.35. The molecule has 0 saturated heterocycles. The highest BCUT2D eigenvalue weighted by molar-refractivity contribution is 7.92. The van der Waals surface area contributed by atoms with Crippen LogP contribution in [-0.4, -0.2) is 26.9 Å². The number of sulfone groups is 1. The molecule has 0 aliphatic rings. The van der Waals surface area contributed by atoms with Crippen molar-refractivity contribution in [3.63, 3.8) is 0 Å². The molecule has 9 heteroatoms. The second-order valence-electron chi connectivity index (χ2n) is 5.41. The maximum atomic E-state index is 12.5. The summed E-state index contributed by atoms with van der Waals surface area (Å²) >= 11 is 0. The van der Waals surface area contributed by atoms with Crippen molar-refractivity contribution in [2.45, 2.75) is 23.6 Å². The number of alkyl halides is 3. The molecule has 0 aliphatic heterocycles. The zero-order valence-corrected chi connectivity index (χ0v) is 14.5. The Labute approximate surface area is 148 Å². The quantitative estimate of drug-likeness (QED) is 0.827. The van der Waals surface area contributed by atoms with Crippen molar-refractivity contribution >= 4 is 15.7 Å². The van der Waals surface area contributed by atoms with Crippen molar-refractivity contribution in [1.29, 1.82) is 0 Å². The Kier molecular flexibility index (Phi) is 6.04. The van der Waals surface area contributed by atoms with Gasteiger partial charge in [-0.2, -0.15) is 13.2 Å². The van der Waals surface area contributed by atoms with Crippen molar-refractivity contribution in [2.24, 2.45) is 0 Å². The first-order chi connectivity index (χ1) is 12.1. The number of halogens is 3. The van der Waals surface area contributed by atoms with Crippen LogP contribution in [0, 0.1) is 0 Å². The van der Waals surface area contributed by atoms with Gasteiger partial charge in [0.25, 0.3) is 15.7 Å². The van der Waals surface area contributed by atoms with Crippen LogP contribution >= 0.6 is 0 Å². The number of hydrogen-bond donors (Lipinski definition) is 1. The minimum absolute atomic E-state index is 0.0548. The number of carbonyl (C=O) groups is 1. The number of carbonyl (C=O) groups excluding carboxylic acids is 1. The number of amides is 1. The van der Waals surface area contributed by atoms with E-state index in [1.54, 1.807) is 13.2 Å². The van der Waals surface area contributed by atoms with Crippen LogP contribution in [0.3, 0.4) is 0 Å². The molecule has 0 bridgehead atoms. The summed E-state index contributed by atoms with van der Waals surface area (Å²) < 4.78 is 65.1. The summed E-state index contributed by atoms with van der Waals surface area (Å²) in [7, 11) is -3.86. The molecule has 1 amide bonds. The van der Waals surface area contributed by atoms with Gasteiger partial charge in [0.2, 0.25) is 0 Å². The molecule has 0 aromatic heterocycles. The predicted molar refractivity (Wildman–Crippen MR) is 88.0 cm³/mol. The molecule has 0 spiro atoms. The molecule has 0 heterocycles. The Morgan fingerprint density at radius 2 is 1.69 bits per heavy atom. The molecule has 140 valence electrons. The summed E-state index contributed by atoms with van der Waals surface area (Å²) in [4.78, 5) is 11.2. The summed E-state index contributed by atoms with van der Waals surface area (Å²) in [5, 5.41) is 2.62. The number of ether oxygens (including phenoxy) is 1. The summed E-state index contributed by atoms with van der Waals surface area (Å²) in [5.41, 5.74) is -3.58. The Balaban J connectivity index is 2.06. The highest BCUT2D eigenvalue weighted by Gasteiger charge is 2.46. The third-order valence-electron chi connectivity index (χ3n) is 3.49. The highest BCUT2D eigenvalue weighted by Crippen LogP contribution is 2.30. The van der Waals surface area contributed by atoms with Crippen LogP contribution in [0.1, 0.15) is 21.5 Å². The lowest BCUT2D eigenvalue weighted by Crippen LogP contribution is -2.24. The zero-order chi connectivity index (χ0) is 19.4. The van der Waals surface area contributed by atoms with E-state index < -0.39 is 26.1 Å². The lowest BCUT2D eigenvalue weighted by Gasteiger charge is -2.09. The van der Waals surface area contributed by atoms with Crippen molar-refractivity contribution in [3.05, 3.63) is 65.2 Å². The zero-order valence-electron chi connectivity index (χ0n) is 13.7. The van der Waals surface area contributed by atoms with E-state index in [1.807, 2.05) is 18.2 Å². The van der Waals surface area contributed by atoms with Crippen molar-refractivity contribution in [2.75, 3.05) is 7.11 Å². The minimum atomic E-state index is -5.43. The maximum Gasteiger partial charge on any atom is 0.501 e. The SMILES string of the molecule is COCc1cccc(CNC(=O)c2ccc(S(=O)(=O)C(F)(F)F)cc2)c1. The van der Waals surface area contributed by atoms with Gasteiger partial charge in [-0.25, -0.2) is 8.42 Å². The van der Waals surface area contributed by atoms with E-state index in [2.05, 4.69) is 5.32 Å². The third-order valence-corrected chi connectivity index (χ3v) is 4.99. The first kappa shape index (κ1) is 19.9. The number of methoxy groups -OCH3 is 1. The molecule has 1 N–H and O–H groups in total. The molecular formula is C17H16F3NO4S. The molecule has 0 aliphatic carbocycles. The van der Waals surface area contributed by atoms with Crippen LogP contribution in [0.4, 0.5) is 13.2 Å². The van der Waals surface area contributed by atoms with E-state index >= 15 is 0 Å². The lowest BCUT2D eigenvalue weighted by atomic mass is 10.1. The van der Waals surface area contributed by atoms with Crippen molar-refractivity contribution in [3.8, 4) is 0 Å². The lowest BCUT2D eigenvalue weighted by molar-refractivity contribution is -0.0436. The molecule has 0 saturated carbocycles. The van der Waals surface area contributed by atoms with E-state index in [9.17, 15) is 26.4 Å². The molecule has 0 fully saturated rings. The van der Waals surface area contributed by atoms with Crippen LogP contribution < -0.4 is 5.32 Å². The summed E-state index contributed by atoms with van der Waals surface area (Å²) in [6.45, 7) is 0.635. The minimum Gasteiger partial charge on any atom is -0.380 e. The molecule has 2 aromatic carbocycles. The Bertz CT molecular complexity index is 878. The van der Waals surface area contributed by atoms with Crippen molar-refractivity contribution in [1.82, 2.24) is 5.32 Å². The largest absolute Gasteiger partial charge is 0.501 e. The van der Waals surface area contributed by atoms with Gasteiger partial charge in [-0.3, -0.25) is 4.79 Å². The van der Waals surface area contributed by atoms with Gasteiger partial charge in [0, 0.05) is 19.2 Å². The third kappa shape index (κ3) is 4.61. The van der Waals surface area contributed by atoms with E-state index in [4.69, 9.17) is 4.74 Å². The smallest absolute Gasteiger partial charge is 0.380 e. The van der Waals surface area contributed by atoms with Gasteiger partial charge in [0.15, 0.2) is 0 Å². The van der Waals surface area contributed by atoms with Crippen molar-refractivity contribution < 1.29 is 31.1 Å². The average molecular weight is 387 g/mol. The molecular weight excluding hydrogens is 371 g/mol. The Morgan fingerprint density at radius 3 is 2.27 bits per heavy atom. The van der Waals surface area contributed by atoms with Crippen LogP contribution in [0.2, 0.25) is 0 Å². The van der Waals surface area contributed by atoms with E-state index in [0.29, 0.717) is 6.61 Å². The Morgan fingerprint density at radius 1 is 1.08 bits per heavy atom. The van der Waals surface area contributed by atoms with E-state index in [-0.39, 0.29) is 12.1 Å². The van der Waals surface area contributed by atoms with Crippen LogP contribution in [0.5, 0.6) is 0 Å². The Hall–Kier alpha value is -2.39. The molecule has 2 aromatic rings. The van der Waals surface area contributed by atoms with E-state index in [0.717, 1.165) is 35.4 Å². The number of hydrogen-bond acceptors (Lipinski definition) is 4. The average Bonchev–Trinajstić information content (AvgIpc) is 2.59. The first-order valence-corrected chi connectivity index (χ1v) is 8.90. The van der Waals surface area contributed by atoms with Crippen LogP contribution in [-0.2, 0) is 27.7 Å². The highest BCUT2D eigenvalue weighted by atomic mass is 32.2. The molecule has 0 unspecified atom stereocenters. The van der Waals surface area contributed by atoms with Gasteiger partial charge >= 0.3 is 5.51 Å². The molecule has 5 nitrogen and oxygen atoms in total. The monoisotopic (exact) mass is 387 g/mol. The number of nitrogens with one attached hydrogen (secondary N) is 1. The van der Waals surface area contributed by atoms with Gasteiger partial charge in [-0.1, -0.05) is 24.3 Å². The fourth-order valence-corrected chi connectivity index (χ4v) is 2.96.